The van der Waals surface area contributed by atoms with Crippen LogP contribution >= 0.6 is 0 Å². The molecule has 7 aliphatic rings. The van der Waals surface area contributed by atoms with Crippen LogP contribution in [0.4, 0.5) is 0 Å². The maximum atomic E-state index is 12.0. The minimum atomic E-state index is -2.85. The van der Waals surface area contributed by atoms with Crippen LogP contribution in [0.3, 0.4) is 0 Å². The Labute approximate surface area is 292 Å². The highest BCUT2D eigenvalue weighted by Gasteiger charge is 2.70. The summed E-state index contributed by atoms with van der Waals surface area (Å²) in [6.07, 6.45) is 17.8. The maximum Gasteiger partial charge on any atom is 0.307 e. The van der Waals surface area contributed by atoms with Crippen molar-refractivity contribution < 1.29 is 18.3 Å². The van der Waals surface area contributed by atoms with Crippen LogP contribution in [0.5, 0.6) is 0 Å². The molecule has 7 rings (SSSR count). The molecule has 0 bridgehead atoms. The molecule has 0 aromatic rings. The number of sulfone groups is 1. The van der Waals surface area contributed by atoms with Gasteiger partial charge in [-0.3, -0.25) is 4.79 Å². The summed E-state index contributed by atoms with van der Waals surface area (Å²) in [6, 6.07) is 0. The highest BCUT2D eigenvalue weighted by molar-refractivity contribution is 7.91. The van der Waals surface area contributed by atoms with Gasteiger partial charge in [-0.15, -0.1) is 0 Å². The molecule has 0 radical (unpaired) electrons. The molecule has 270 valence electrons. The van der Waals surface area contributed by atoms with Crippen LogP contribution in [0.1, 0.15) is 119 Å². The quantitative estimate of drug-likeness (QED) is 0.286. The van der Waals surface area contributed by atoms with E-state index < -0.39 is 15.8 Å². The number of allylic oxidation sites excluding steroid dienone is 4. The highest BCUT2D eigenvalue weighted by atomic mass is 32.2. The molecule has 1 saturated heterocycles. The van der Waals surface area contributed by atoms with Gasteiger partial charge >= 0.3 is 5.97 Å². The van der Waals surface area contributed by atoms with Crippen molar-refractivity contribution in [3.8, 4) is 0 Å². The van der Waals surface area contributed by atoms with Crippen molar-refractivity contribution in [2.45, 2.75) is 125 Å². The van der Waals surface area contributed by atoms with Crippen LogP contribution in [-0.2, 0) is 14.6 Å². The molecule has 2 N–H and O–H groups in total. The lowest BCUT2D eigenvalue weighted by atomic mass is 9.33. The van der Waals surface area contributed by atoms with E-state index in [1.54, 1.807) is 0 Å². The summed E-state index contributed by atoms with van der Waals surface area (Å²) in [6.45, 7) is 21.4. The van der Waals surface area contributed by atoms with E-state index >= 15 is 0 Å². The maximum absolute atomic E-state index is 12.0. The molecule has 6 aliphatic carbocycles. The third-order valence-corrected chi connectivity index (χ3v) is 18.7. The average Bonchev–Trinajstić information content (AvgIpc) is 3.64. The number of nitrogens with one attached hydrogen (secondary N) is 1. The van der Waals surface area contributed by atoms with E-state index in [4.69, 9.17) is 0 Å². The van der Waals surface area contributed by atoms with Crippen molar-refractivity contribution in [1.82, 2.24) is 10.2 Å². The van der Waals surface area contributed by atoms with E-state index in [0.29, 0.717) is 71.9 Å². The highest BCUT2D eigenvalue weighted by Crippen LogP contribution is 2.76. The summed E-state index contributed by atoms with van der Waals surface area (Å²) in [5.41, 5.74) is 3.97. The fourth-order valence-corrected chi connectivity index (χ4v) is 15.7. The molecule has 2 unspecified atom stereocenters. The molecule has 7 heteroatoms. The Morgan fingerprint density at radius 3 is 2.33 bits per heavy atom. The molecular formula is C41H66N2O4S. The lowest BCUT2D eigenvalue weighted by molar-refractivity contribution is -0.223. The van der Waals surface area contributed by atoms with Gasteiger partial charge < -0.3 is 15.3 Å². The first-order chi connectivity index (χ1) is 22.5. The average molecular weight is 683 g/mol. The lowest BCUT2D eigenvalue weighted by Crippen LogP contribution is -2.68. The number of rotatable bonds is 7. The topological polar surface area (TPSA) is 86.7 Å². The largest absolute Gasteiger partial charge is 0.481 e. The zero-order valence-corrected chi connectivity index (χ0v) is 32.1. The van der Waals surface area contributed by atoms with Crippen molar-refractivity contribution in [3.63, 3.8) is 0 Å². The zero-order valence-electron chi connectivity index (χ0n) is 31.2. The molecule has 1 aliphatic heterocycles. The van der Waals surface area contributed by atoms with E-state index in [1.807, 2.05) is 0 Å². The number of carbonyl (C=O) groups is 1. The molecule has 0 spiro atoms. The van der Waals surface area contributed by atoms with E-state index in [1.165, 1.54) is 62.5 Å². The number of fused-ring (bicyclic) bond motifs is 7. The first-order valence-corrected chi connectivity index (χ1v) is 21.6. The van der Waals surface area contributed by atoms with Gasteiger partial charge in [-0.2, -0.15) is 0 Å². The Bertz CT molecular complexity index is 1450. The van der Waals surface area contributed by atoms with Crippen LogP contribution in [0.15, 0.2) is 23.3 Å². The Hall–Kier alpha value is -1.18. The molecule has 1 heterocycles. The second-order valence-electron chi connectivity index (χ2n) is 19.5. The number of carboxylic acids is 1. The van der Waals surface area contributed by atoms with Crippen LogP contribution in [0.25, 0.3) is 0 Å². The Morgan fingerprint density at radius 2 is 1.67 bits per heavy atom. The van der Waals surface area contributed by atoms with Gasteiger partial charge in [0.25, 0.3) is 0 Å². The Balaban J connectivity index is 1.13. The van der Waals surface area contributed by atoms with Gasteiger partial charge in [0.2, 0.25) is 0 Å². The summed E-state index contributed by atoms with van der Waals surface area (Å²) in [5, 5.41) is 14.0. The normalized spacial score (nSPS) is 46.6. The van der Waals surface area contributed by atoms with E-state index in [-0.39, 0.29) is 22.3 Å². The van der Waals surface area contributed by atoms with Crippen molar-refractivity contribution >= 4 is 15.8 Å². The van der Waals surface area contributed by atoms with Gasteiger partial charge in [0.15, 0.2) is 9.84 Å². The molecule has 4 saturated carbocycles. The summed E-state index contributed by atoms with van der Waals surface area (Å²) in [4.78, 5) is 14.2. The minimum absolute atomic E-state index is 0.0592. The predicted octanol–water partition coefficient (Wildman–Crippen LogP) is 7.75. The van der Waals surface area contributed by atoms with Gasteiger partial charge in [0, 0.05) is 31.7 Å². The minimum Gasteiger partial charge on any atom is -0.481 e. The van der Waals surface area contributed by atoms with Crippen molar-refractivity contribution in [3.05, 3.63) is 23.3 Å². The van der Waals surface area contributed by atoms with E-state index in [2.05, 4.69) is 70.8 Å². The summed E-state index contributed by atoms with van der Waals surface area (Å²) >= 11 is 0. The fourth-order valence-electron chi connectivity index (χ4n) is 14.4. The standard InChI is InChI=1S/C41H66N2O4S/c1-27(2)30-12-17-41(42-20-21-43-22-24-48(46,47)25-23-43)19-18-39(6)32(35(30)41)10-11-34-38(5)15-13-31(28-8-9-29(26-28)36(44)45)37(3,4)33(38)14-16-40(34,39)7/h8,13,27,29-30,32-35,42H,9-12,14-26H2,1-7H3,(H,44,45)/t29?,30-,32+,33-,34+,35+,38-,39+,40+,41?/m0/s1. The van der Waals surface area contributed by atoms with Crippen molar-refractivity contribution in [1.29, 1.82) is 0 Å². The molecule has 48 heavy (non-hydrogen) atoms. The molecule has 6 nitrogen and oxygen atoms in total. The number of carboxylic acid groups (broad SMARTS) is 1. The molecule has 5 fully saturated rings. The predicted molar refractivity (Wildman–Crippen MR) is 194 cm³/mol. The number of aliphatic carboxylic acids is 1. The van der Waals surface area contributed by atoms with Crippen LogP contribution in [0.2, 0.25) is 0 Å². The van der Waals surface area contributed by atoms with Crippen LogP contribution in [-0.4, -0.2) is 67.6 Å². The van der Waals surface area contributed by atoms with Gasteiger partial charge in [0.05, 0.1) is 17.4 Å². The SMILES string of the molecule is CC(C)[C@@H]1CCC2(NCCN3CCS(=O)(=O)CC3)CC[C@]3(C)[C@H](CC[C@@H]4[C@@]5(C)CC=C(C6=CCC(C(=O)O)C6)C(C)(C)[C@@H]5CC[C@]43C)[C@@H]12. The summed E-state index contributed by atoms with van der Waals surface area (Å²) < 4.78 is 24.0. The first kappa shape index (κ1) is 35.2. The smallest absolute Gasteiger partial charge is 0.307 e. The third-order valence-electron chi connectivity index (χ3n) is 17.1. The van der Waals surface area contributed by atoms with Gasteiger partial charge in [-0.05, 0) is 139 Å². The Morgan fingerprint density at radius 1 is 0.938 bits per heavy atom. The zero-order chi connectivity index (χ0) is 34.5. The summed E-state index contributed by atoms with van der Waals surface area (Å²) in [5.74, 6) is 3.98. The van der Waals surface area contributed by atoms with Crippen molar-refractivity contribution in [2.75, 3.05) is 37.7 Å². The molecule has 0 aromatic heterocycles. The van der Waals surface area contributed by atoms with E-state index in [0.717, 1.165) is 31.3 Å². The fraction of sp³-hybridized carbons (Fsp3) is 0.878. The van der Waals surface area contributed by atoms with Crippen LogP contribution in [0, 0.1) is 63.1 Å². The second kappa shape index (κ2) is 11.9. The number of hydrogen-bond donors (Lipinski definition) is 2. The lowest BCUT2D eigenvalue weighted by Gasteiger charge is -2.72. The van der Waals surface area contributed by atoms with Gasteiger partial charge in [0.1, 0.15) is 0 Å². The monoisotopic (exact) mass is 682 g/mol. The molecule has 0 aromatic carbocycles. The number of nitrogens with zero attached hydrogens (tertiary/aromatic N) is 1. The number of hydrogen-bond acceptors (Lipinski definition) is 5. The van der Waals surface area contributed by atoms with Crippen molar-refractivity contribution in [2.24, 2.45) is 63.1 Å². The van der Waals surface area contributed by atoms with Gasteiger partial charge in [-0.1, -0.05) is 60.6 Å². The second-order valence-corrected chi connectivity index (χ2v) is 21.8. The third kappa shape index (κ3) is 5.27. The van der Waals surface area contributed by atoms with Gasteiger partial charge in [-0.25, -0.2) is 8.42 Å². The molecular weight excluding hydrogens is 617 g/mol. The van der Waals surface area contributed by atoms with Crippen LogP contribution < -0.4 is 5.32 Å². The summed E-state index contributed by atoms with van der Waals surface area (Å²) in [7, 11) is -2.85. The first-order valence-electron chi connectivity index (χ1n) is 19.8. The molecule has 10 atom stereocenters. The Kier molecular flexibility index (Phi) is 8.76. The molecule has 0 amide bonds. The van der Waals surface area contributed by atoms with E-state index in [9.17, 15) is 18.3 Å².